The quantitative estimate of drug-likeness (QED) is 0.215. The Morgan fingerprint density at radius 1 is 0.809 bits per heavy atom. The molecule has 0 saturated heterocycles. The van der Waals surface area contributed by atoms with Crippen LogP contribution in [0.2, 0.25) is 0 Å². The Morgan fingerprint density at radius 3 is 1.66 bits per heavy atom. The van der Waals surface area contributed by atoms with E-state index in [1.54, 1.807) is 20.3 Å². The van der Waals surface area contributed by atoms with Gasteiger partial charge in [0.2, 0.25) is 12.3 Å². The zero-order valence-corrected chi connectivity index (χ0v) is 28.1. The number of hydrogen-bond acceptors (Lipinski definition) is 10. The van der Waals surface area contributed by atoms with Crippen molar-refractivity contribution in [2.24, 2.45) is 5.73 Å². The molecular weight excluding hydrogens is 602 g/mol. The second-order valence-electron chi connectivity index (χ2n) is 11.7. The van der Waals surface area contributed by atoms with E-state index < -0.39 is 11.9 Å². The number of amides is 1. The number of nitrogens with two attached hydrogens (primary N) is 1. The van der Waals surface area contributed by atoms with E-state index in [9.17, 15) is 14.4 Å². The van der Waals surface area contributed by atoms with Crippen LogP contribution >= 0.6 is 0 Å². The van der Waals surface area contributed by atoms with Crippen molar-refractivity contribution in [3.05, 3.63) is 69.5 Å². The first-order chi connectivity index (χ1) is 22.0. The summed E-state index contributed by atoms with van der Waals surface area (Å²) in [7, 11) is 9.71. The molecule has 47 heavy (non-hydrogen) atoms. The molecule has 12 heteroatoms. The van der Waals surface area contributed by atoms with Gasteiger partial charge in [-0.25, -0.2) is 14.6 Å². The van der Waals surface area contributed by atoms with E-state index in [0.29, 0.717) is 34.4 Å². The van der Waals surface area contributed by atoms with Crippen molar-refractivity contribution in [1.29, 1.82) is 0 Å². The molecule has 0 unspecified atom stereocenters. The van der Waals surface area contributed by atoms with Crippen molar-refractivity contribution in [3.8, 4) is 11.4 Å². The number of methoxy groups -OCH3 is 4. The predicted molar refractivity (Wildman–Crippen MR) is 180 cm³/mol. The molecule has 2 saturated carbocycles. The number of carbonyl (C=O) groups is 3. The highest BCUT2D eigenvalue weighted by atomic mass is 16.7. The van der Waals surface area contributed by atoms with Crippen LogP contribution in [-0.4, -0.2) is 86.9 Å². The first kappa shape index (κ1) is 39.1. The zero-order valence-electron chi connectivity index (χ0n) is 28.1. The van der Waals surface area contributed by atoms with Crippen LogP contribution in [0.5, 0.6) is 0 Å². The molecular formula is C35H51N5O7. The molecule has 1 amide bonds. The van der Waals surface area contributed by atoms with Crippen molar-refractivity contribution >= 4 is 17.8 Å². The third kappa shape index (κ3) is 9.69. The molecule has 3 N–H and O–H groups in total. The summed E-state index contributed by atoms with van der Waals surface area (Å²) in [5.41, 5.74) is 11.8. The Labute approximate surface area is 278 Å². The van der Waals surface area contributed by atoms with Gasteiger partial charge in [0.05, 0.1) is 25.3 Å². The normalized spacial score (nSPS) is 14.0. The lowest BCUT2D eigenvalue weighted by Crippen LogP contribution is -2.30. The number of carbonyl (C=O) groups excluding carboxylic acids is 3. The van der Waals surface area contributed by atoms with E-state index >= 15 is 0 Å². The number of primary amides is 1. The number of hydrogen-bond donors (Lipinski definition) is 2. The minimum absolute atomic E-state index is 0. The van der Waals surface area contributed by atoms with Gasteiger partial charge in [-0.1, -0.05) is 32.4 Å². The lowest BCUT2D eigenvalue weighted by atomic mass is 9.77. The Morgan fingerprint density at radius 2 is 1.30 bits per heavy atom. The van der Waals surface area contributed by atoms with Crippen LogP contribution in [0.3, 0.4) is 0 Å². The largest absolute Gasteiger partial charge is 0.465 e. The van der Waals surface area contributed by atoms with Crippen molar-refractivity contribution in [2.45, 2.75) is 78.0 Å². The Kier molecular flexibility index (Phi) is 15.2. The summed E-state index contributed by atoms with van der Waals surface area (Å²) < 4.78 is 19.3. The van der Waals surface area contributed by atoms with E-state index in [0.717, 1.165) is 35.1 Å². The summed E-state index contributed by atoms with van der Waals surface area (Å²) in [5, 5.41) is 6.79. The molecule has 1 heterocycles. The first-order valence-electron chi connectivity index (χ1n) is 15.3. The van der Waals surface area contributed by atoms with Crippen LogP contribution in [0.1, 0.15) is 111 Å². The fraction of sp³-hybridized carbons (Fsp3) is 0.514. The van der Waals surface area contributed by atoms with Crippen LogP contribution < -0.4 is 5.73 Å². The third-order valence-corrected chi connectivity index (χ3v) is 8.45. The van der Waals surface area contributed by atoms with E-state index in [1.807, 2.05) is 45.0 Å². The van der Waals surface area contributed by atoms with Crippen LogP contribution in [0.25, 0.3) is 11.4 Å². The van der Waals surface area contributed by atoms with Crippen LogP contribution in [0.4, 0.5) is 0 Å². The molecule has 2 aliphatic carbocycles. The van der Waals surface area contributed by atoms with Crippen LogP contribution in [-0.2, 0) is 18.9 Å². The second kappa shape index (κ2) is 18.3. The maximum atomic E-state index is 11.9. The number of aryl methyl sites for hydroxylation is 2. The lowest BCUT2D eigenvalue weighted by Gasteiger charge is -2.28. The van der Waals surface area contributed by atoms with Gasteiger partial charge in [-0.3, -0.25) is 14.8 Å². The molecule has 2 aromatic carbocycles. The van der Waals surface area contributed by atoms with Gasteiger partial charge in [0.15, 0.2) is 5.82 Å². The van der Waals surface area contributed by atoms with Gasteiger partial charge in [-0.05, 0) is 99.8 Å². The van der Waals surface area contributed by atoms with Crippen molar-refractivity contribution in [2.75, 3.05) is 42.5 Å². The summed E-state index contributed by atoms with van der Waals surface area (Å²) in [5.74, 6) is 0.427. The standard InChI is InChI=1S/C15H17N3O2.C14H17NO3.C5H13NO2.CH4/c1-9-6-12(10-4-3-5-10)13(14-16-8-17-18-14)7-11(9)15(19)20-2;1-8-6-11(9-4-3-5-9)12(13(15)16)7-10(8)14(17)18-2;1-6(2)5(7-3)8-4;/h6-8,10H,3-5H2,1-2H3,(H,16,17,18);6-7,9H,3-5H2,1-2H3,(H2,15,16);5H,1-4H3;1H4. The number of ether oxygens (including phenoxy) is 4. The fourth-order valence-corrected chi connectivity index (χ4v) is 5.51. The van der Waals surface area contributed by atoms with Crippen LogP contribution in [0.15, 0.2) is 30.6 Å². The zero-order chi connectivity index (χ0) is 34.0. The Balaban J connectivity index is 0.000000264. The summed E-state index contributed by atoms with van der Waals surface area (Å²) in [6.45, 7) is 3.79. The molecule has 3 aromatic rings. The molecule has 0 aliphatic heterocycles. The molecule has 0 atom stereocenters. The SMILES string of the molecule is C.COC(=O)c1cc(-c2ncn[nH]2)c(C2CCC2)cc1C.COC(=O)c1cc(C(N)=O)c(C2CCC2)cc1C.COC(OC)N(C)C. The van der Waals surface area contributed by atoms with Crippen molar-refractivity contribution in [1.82, 2.24) is 20.1 Å². The summed E-state index contributed by atoms with van der Waals surface area (Å²) >= 11 is 0. The van der Waals surface area contributed by atoms with Gasteiger partial charge < -0.3 is 24.7 Å². The third-order valence-electron chi connectivity index (χ3n) is 8.45. The molecule has 12 nitrogen and oxygen atoms in total. The highest BCUT2D eigenvalue weighted by Gasteiger charge is 2.27. The maximum absolute atomic E-state index is 11.9. The number of benzene rings is 2. The van der Waals surface area contributed by atoms with Crippen molar-refractivity contribution in [3.63, 3.8) is 0 Å². The Bertz CT molecular complexity index is 1480. The minimum Gasteiger partial charge on any atom is -0.465 e. The van der Waals surface area contributed by atoms with Gasteiger partial charge >= 0.3 is 11.9 Å². The number of esters is 2. The fourth-order valence-electron chi connectivity index (χ4n) is 5.51. The average molecular weight is 654 g/mol. The number of nitrogens with one attached hydrogen (secondary N) is 1. The molecule has 1 aromatic heterocycles. The molecule has 0 radical (unpaired) electrons. The number of rotatable bonds is 9. The van der Waals surface area contributed by atoms with E-state index in [1.165, 1.54) is 51.8 Å². The highest BCUT2D eigenvalue weighted by Crippen LogP contribution is 2.42. The van der Waals surface area contributed by atoms with Crippen LogP contribution in [0, 0.1) is 13.8 Å². The number of H-pyrrole nitrogens is 1. The van der Waals surface area contributed by atoms with Gasteiger partial charge in [-0.2, -0.15) is 5.10 Å². The molecule has 2 fully saturated rings. The Hall–Kier alpha value is -4.13. The summed E-state index contributed by atoms with van der Waals surface area (Å²) in [4.78, 5) is 41.0. The molecule has 5 rings (SSSR count). The molecule has 0 spiro atoms. The van der Waals surface area contributed by atoms with Gasteiger partial charge in [0.1, 0.15) is 6.33 Å². The maximum Gasteiger partial charge on any atom is 0.338 e. The second-order valence-corrected chi connectivity index (χ2v) is 11.7. The average Bonchev–Trinajstić information content (AvgIpc) is 3.51. The van der Waals surface area contributed by atoms with Gasteiger partial charge in [-0.15, -0.1) is 0 Å². The monoisotopic (exact) mass is 653 g/mol. The topological polar surface area (TPSA) is 159 Å². The minimum atomic E-state index is -0.484. The molecule has 2 aliphatic rings. The van der Waals surface area contributed by atoms with Gasteiger partial charge in [0, 0.05) is 25.3 Å². The van der Waals surface area contributed by atoms with E-state index in [4.69, 9.17) is 24.7 Å². The summed E-state index contributed by atoms with van der Waals surface area (Å²) in [6, 6.07) is 7.43. The number of nitrogens with zero attached hydrogens (tertiary/aromatic N) is 3. The lowest BCUT2D eigenvalue weighted by molar-refractivity contribution is -0.179. The van der Waals surface area contributed by atoms with Crippen molar-refractivity contribution < 1.29 is 33.3 Å². The first-order valence-corrected chi connectivity index (χ1v) is 15.3. The molecule has 0 bridgehead atoms. The predicted octanol–water partition coefficient (Wildman–Crippen LogP) is 5.74. The molecule has 258 valence electrons. The number of aromatic nitrogens is 3. The smallest absolute Gasteiger partial charge is 0.338 e. The van der Waals surface area contributed by atoms with Gasteiger partial charge in [0.25, 0.3) is 0 Å². The van der Waals surface area contributed by atoms with E-state index in [-0.39, 0.29) is 19.8 Å². The summed E-state index contributed by atoms with van der Waals surface area (Å²) in [6.07, 6.45) is 8.26. The number of aromatic amines is 1. The highest BCUT2D eigenvalue weighted by molar-refractivity contribution is 5.99. The van der Waals surface area contributed by atoms with E-state index in [2.05, 4.69) is 21.2 Å².